The Morgan fingerprint density at radius 1 is 1.02 bits per heavy atom. The third-order valence-electron chi connectivity index (χ3n) is 11.3. The highest BCUT2D eigenvalue weighted by atomic mass is 32.1. The molecular weight excluding hydrogens is 775 g/mol. The number of carbonyl (C=O) groups excluding carboxylic acids is 5. The normalized spacial score (nSPS) is 18.1. The number of likely N-dealkylation sites (tertiary alicyclic amines) is 1. The predicted octanol–water partition coefficient (Wildman–Crippen LogP) is 4.47. The second-order valence-electron chi connectivity index (χ2n) is 17.0. The van der Waals surface area contributed by atoms with Crippen molar-refractivity contribution < 1.29 is 38.2 Å². The first kappa shape index (κ1) is 49.2. The highest BCUT2D eigenvalue weighted by Gasteiger charge is 2.43. The van der Waals surface area contributed by atoms with Crippen LogP contribution < -0.4 is 21.3 Å². The van der Waals surface area contributed by atoms with E-state index in [1.807, 2.05) is 56.5 Å². The van der Waals surface area contributed by atoms with Crippen molar-refractivity contribution in [1.29, 1.82) is 0 Å². The lowest BCUT2D eigenvalue weighted by Crippen LogP contribution is -2.62. The van der Waals surface area contributed by atoms with Crippen LogP contribution in [0.1, 0.15) is 97.7 Å². The Hall–Kier alpha value is -4.12. The Morgan fingerprint density at radius 2 is 1.69 bits per heavy atom. The highest BCUT2D eigenvalue weighted by molar-refractivity contribution is 7.09. The Kier molecular flexibility index (Phi) is 18.8. The molecule has 4 N–H and O–H groups in total. The van der Waals surface area contributed by atoms with Crippen LogP contribution in [0, 0.1) is 11.8 Å². The maximum Gasteiger partial charge on any atom is 0.407 e. The fourth-order valence-corrected chi connectivity index (χ4v) is 8.15. The fraction of sp³-hybridized carbons (Fsp3) is 0.674. The molecule has 0 spiro atoms. The van der Waals surface area contributed by atoms with Gasteiger partial charge in [-0.1, -0.05) is 57.5 Å². The van der Waals surface area contributed by atoms with Gasteiger partial charge in [-0.05, 0) is 72.4 Å². The van der Waals surface area contributed by atoms with Gasteiger partial charge in [0, 0.05) is 39.4 Å². The van der Waals surface area contributed by atoms with E-state index >= 15 is 0 Å². The highest BCUT2D eigenvalue weighted by Crippen LogP contribution is 2.30. The number of likely N-dealkylation sites (N-methyl/N-ethyl adjacent to an activating group) is 2. The van der Waals surface area contributed by atoms with Gasteiger partial charge in [0.2, 0.25) is 23.6 Å². The van der Waals surface area contributed by atoms with Gasteiger partial charge in [0.25, 0.3) is 0 Å². The molecule has 330 valence electrons. The van der Waals surface area contributed by atoms with Crippen molar-refractivity contribution in [2.24, 2.45) is 11.8 Å². The lowest BCUT2D eigenvalue weighted by Gasteiger charge is -2.40. The van der Waals surface area contributed by atoms with Crippen molar-refractivity contribution in [3.05, 3.63) is 52.5 Å². The molecule has 0 bridgehead atoms. The zero-order valence-corrected chi connectivity index (χ0v) is 37.9. The standard InChI is InChI=1S/C43H69N7O8S/c1-13-27(2)35(49(10)39(53)31(48-40(54)43(7,8)44-9)26-46-41(55)58-42(4,5)6)33(56-11)25-34(51)50-22-17-20-32(50)36(57-12)28(3)37(52)47-30(38-45-21-23-59-38)24-29-18-15-14-16-19-29/h14-16,18-19,21,23,27-28,30-33,35-36,44H,13,17,20,22,24-26H2,1-12H3,(H,46,55)(H,47,52)(H,48,54)/t27-,28+,30-,31-,32-,33+,35-,36+/m0/s1. The van der Waals surface area contributed by atoms with Crippen LogP contribution in [0.3, 0.4) is 0 Å². The van der Waals surface area contributed by atoms with Gasteiger partial charge in [-0.2, -0.15) is 0 Å². The van der Waals surface area contributed by atoms with Crippen molar-refractivity contribution in [1.82, 2.24) is 36.1 Å². The third kappa shape index (κ3) is 14.0. The lowest BCUT2D eigenvalue weighted by molar-refractivity contribution is -0.147. The first-order chi connectivity index (χ1) is 27.8. The van der Waals surface area contributed by atoms with Gasteiger partial charge in [0.05, 0.1) is 54.8 Å². The number of benzene rings is 1. The van der Waals surface area contributed by atoms with Gasteiger partial charge in [-0.15, -0.1) is 11.3 Å². The molecule has 1 aliphatic heterocycles. The minimum Gasteiger partial charge on any atom is -0.444 e. The summed E-state index contributed by atoms with van der Waals surface area (Å²) in [6.07, 6.45) is 2.27. The Bertz CT molecular complexity index is 1650. The number of rotatable bonds is 21. The van der Waals surface area contributed by atoms with Crippen LogP contribution in [0.4, 0.5) is 4.79 Å². The number of thiazole rings is 1. The van der Waals surface area contributed by atoms with Crippen molar-refractivity contribution in [2.75, 3.05) is 41.4 Å². The summed E-state index contributed by atoms with van der Waals surface area (Å²) in [5.41, 5.74) is -0.716. The first-order valence-corrected chi connectivity index (χ1v) is 21.5. The van der Waals surface area contributed by atoms with Crippen LogP contribution >= 0.6 is 11.3 Å². The van der Waals surface area contributed by atoms with Crippen molar-refractivity contribution in [3.63, 3.8) is 0 Å². The molecule has 0 unspecified atom stereocenters. The molecule has 8 atom stereocenters. The summed E-state index contributed by atoms with van der Waals surface area (Å²) in [4.78, 5) is 76.4. The smallest absolute Gasteiger partial charge is 0.407 e. The molecular formula is C43H69N7O8S. The topological polar surface area (TPSA) is 181 Å². The van der Waals surface area contributed by atoms with E-state index in [1.165, 1.54) is 23.3 Å². The molecule has 2 heterocycles. The molecule has 1 aromatic carbocycles. The molecule has 15 nitrogen and oxygen atoms in total. The van der Waals surface area contributed by atoms with Crippen LogP contribution in [0.2, 0.25) is 0 Å². The van der Waals surface area contributed by atoms with Crippen LogP contribution in [-0.2, 0) is 39.8 Å². The fourth-order valence-electron chi connectivity index (χ4n) is 7.46. The zero-order valence-electron chi connectivity index (χ0n) is 37.1. The van der Waals surface area contributed by atoms with Crippen molar-refractivity contribution in [2.45, 2.75) is 135 Å². The summed E-state index contributed by atoms with van der Waals surface area (Å²) in [7, 11) is 6.36. The number of hydrogen-bond acceptors (Lipinski definition) is 11. The van der Waals surface area contributed by atoms with Crippen molar-refractivity contribution >= 4 is 41.1 Å². The number of alkyl carbamates (subject to hydrolysis) is 1. The lowest BCUT2D eigenvalue weighted by atomic mass is 9.90. The van der Waals surface area contributed by atoms with E-state index in [-0.39, 0.29) is 42.8 Å². The SMILES string of the molecule is CC[C@H](C)[C@@H]([C@@H](CC(=O)N1CCC[C@H]1[C@H](OC)[C@@H](C)C(=O)N[C@@H](Cc1ccccc1)c1nccs1)OC)N(C)C(=O)[C@H](CNC(=O)OC(C)(C)C)NC(=O)C(C)(C)NC. The summed E-state index contributed by atoms with van der Waals surface area (Å²) in [5, 5.41) is 14.3. The molecule has 2 aromatic rings. The molecule has 0 aliphatic carbocycles. The maximum atomic E-state index is 14.4. The van der Waals surface area contributed by atoms with Crippen LogP contribution in [0.5, 0.6) is 0 Å². The average molecular weight is 844 g/mol. The van der Waals surface area contributed by atoms with Gasteiger partial charge in [-0.3, -0.25) is 19.2 Å². The van der Waals surface area contributed by atoms with Crippen LogP contribution in [0.15, 0.2) is 41.9 Å². The number of aromatic nitrogens is 1. The van der Waals surface area contributed by atoms with E-state index in [1.54, 1.807) is 66.9 Å². The number of amides is 5. The molecule has 1 aromatic heterocycles. The zero-order chi connectivity index (χ0) is 44.1. The summed E-state index contributed by atoms with van der Waals surface area (Å²) in [6.45, 7) is 14.6. The van der Waals surface area contributed by atoms with E-state index in [9.17, 15) is 24.0 Å². The largest absolute Gasteiger partial charge is 0.444 e. The maximum absolute atomic E-state index is 14.4. The van der Waals surface area contributed by atoms with Crippen LogP contribution in [-0.4, -0.2) is 127 Å². The molecule has 1 fully saturated rings. The number of nitrogens with zero attached hydrogens (tertiary/aromatic N) is 3. The molecule has 3 rings (SSSR count). The quantitative estimate of drug-likeness (QED) is 0.140. The number of nitrogens with one attached hydrogen (secondary N) is 4. The van der Waals surface area contributed by atoms with E-state index in [2.05, 4.69) is 26.3 Å². The average Bonchev–Trinajstić information content (AvgIpc) is 3.92. The molecule has 16 heteroatoms. The summed E-state index contributed by atoms with van der Waals surface area (Å²) in [5.74, 6) is -2.01. The van der Waals surface area contributed by atoms with E-state index in [0.29, 0.717) is 25.8 Å². The first-order valence-electron chi connectivity index (χ1n) is 20.6. The number of ether oxygens (including phenoxy) is 3. The summed E-state index contributed by atoms with van der Waals surface area (Å²) < 4.78 is 17.4. The molecule has 0 saturated carbocycles. The number of hydrogen-bond donors (Lipinski definition) is 4. The molecule has 0 radical (unpaired) electrons. The summed E-state index contributed by atoms with van der Waals surface area (Å²) in [6, 6.07) is 7.49. The molecule has 59 heavy (non-hydrogen) atoms. The van der Waals surface area contributed by atoms with Gasteiger partial charge < -0.3 is 45.3 Å². The monoisotopic (exact) mass is 843 g/mol. The van der Waals surface area contributed by atoms with E-state index in [0.717, 1.165) is 17.0 Å². The van der Waals surface area contributed by atoms with Gasteiger partial charge in [0.1, 0.15) is 16.7 Å². The second kappa shape index (κ2) is 22.5. The number of carbonyl (C=O) groups is 5. The molecule has 5 amide bonds. The number of methoxy groups -OCH3 is 2. The van der Waals surface area contributed by atoms with Crippen molar-refractivity contribution in [3.8, 4) is 0 Å². The van der Waals surface area contributed by atoms with Gasteiger partial charge in [0.15, 0.2) is 0 Å². The minimum atomic E-state index is -1.16. The predicted molar refractivity (Wildman–Crippen MR) is 229 cm³/mol. The Labute approximate surface area is 355 Å². The summed E-state index contributed by atoms with van der Waals surface area (Å²) >= 11 is 1.49. The van der Waals surface area contributed by atoms with E-state index in [4.69, 9.17) is 14.2 Å². The van der Waals surface area contributed by atoms with E-state index < -0.39 is 59.3 Å². The van der Waals surface area contributed by atoms with Crippen LogP contribution in [0.25, 0.3) is 0 Å². The third-order valence-corrected chi connectivity index (χ3v) is 12.1. The van der Waals surface area contributed by atoms with Gasteiger partial charge >= 0.3 is 6.09 Å². The molecule has 1 saturated heterocycles. The second-order valence-corrected chi connectivity index (χ2v) is 17.9. The minimum absolute atomic E-state index is 0.0419. The molecule has 1 aliphatic rings. The Balaban J connectivity index is 1.82. The van der Waals surface area contributed by atoms with Gasteiger partial charge in [-0.25, -0.2) is 9.78 Å². The Morgan fingerprint density at radius 3 is 2.25 bits per heavy atom.